The lowest BCUT2D eigenvalue weighted by Crippen LogP contribution is -2.38. The van der Waals surface area contributed by atoms with Crippen LogP contribution in [-0.2, 0) is 14.3 Å². The normalized spacial score (nSPS) is 13.2. The molecule has 110 valence electrons. The van der Waals surface area contributed by atoms with Gasteiger partial charge in [0.05, 0.1) is 7.11 Å². The van der Waals surface area contributed by atoms with E-state index in [1.165, 1.54) is 11.8 Å². The van der Waals surface area contributed by atoms with E-state index < -0.39 is 18.1 Å². The number of aromatic nitrogens is 2. The number of nitrogens with zero attached hydrogens (tertiary/aromatic N) is 2. The van der Waals surface area contributed by atoms with Gasteiger partial charge in [0, 0.05) is 12.4 Å². The maximum absolute atomic E-state index is 12.3. The number of hydrogen-bond donors (Lipinski definition) is 1. The average Bonchev–Trinajstić information content (AvgIpc) is 3.06. The van der Waals surface area contributed by atoms with E-state index in [1.807, 2.05) is 6.07 Å². The summed E-state index contributed by atoms with van der Waals surface area (Å²) in [5.41, 5.74) is 0.672. The highest BCUT2D eigenvalue weighted by Gasteiger charge is 2.26. The molecule has 0 aliphatic heterocycles. The van der Waals surface area contributed by atoms with Crippen LogP contribution >= 0.6 is 0 Å². The molecule has 6 heteroatoms. The largest absolute Gasteiger partial charge is 0.467 e. The zero-order chi connectivity index (χ0) is 15.2. The summed E-state index contributed by atoms with van der Waals surface area (Å²) in [7, 11) is 1.29. The van der Waals surface area contributed by atoms with Gasteiger partial charge in [-0.3, -0.25) is 9.48 Å². The molecule has 0 spiro atoms. The second-order valence-electron chi connectivity index (χ2n) is 4.54. The molecule has 0 fully saturated rings. The van der Waals surface area contributed by atoms with Gasteiger partial charge in [0.25, 0.3) is 0 Å². The Balaban J connectivity index is 2.16. The van der Waals surface area contributed by atoms with Crippen LogP contribution in [0.4, 0.5) is 0 Å². The van der Waals surface area contributed by atoms with Gasteiger partial charge < -0.3 is 10.1 Å². The highest BCUT2D eigenvalue weighted by molar-refractivity contribution is 5.87. The van der Waals surface area contributed by atoms with Crippen LogP contribution in [0.2, 0.25) is 0 Å². The predicted octanol–water partition coefficient (Wildman–Crippen LogP) is 1.47. The molecular weight excluding hydrogens is 270 g/mol. The Kier molecular flexibility index (Phi) is 4.71. The molecule has 21 heavy (non-hydrogen) atoms. The Labute approximate surface area is 122 Å². The highest BCUT2D eigenvalue weighted by atomic mass is 16.5. The predicted molar refractivity (Wildman–Crippen MR) is 76.3 cm³/mol. The number of carbonyl (C=O) groups is 2. The van der Waals surface area contributed by atoms with Crippen LogP contribution in [0.3, 0.4) is 0 Å². The van der Waals surface area contributed by atoms with E-state index in [1.54, 1.807) is 49.6 Å². The zero-order valence-corrected chi connectivity index (χ0v) is 11.9. The number of benzene rings is 1. The molecule has 1 N–H and O–H groups in total. The standard InChI is InChI=1S/C15H17N3O3/c1-11(18-10-6-9-16-18)14(19)17-13(15(20)21-2)12-7-4-3-5-8-12/h3-11,13H,1-2H3,(H,17,19). The van der Waals surface area contributed by atoms with Crippen molar-refractivity contribution >= 4 is 11.9 Å². The number of esters is 1. The molecule has 2 unspecified atom stereocenters. The molecule has 1 heterocycles. The third-order valence-electron chi connectivity index (χ3n) is 3.16. The summed E-state index contributed by atoms with van der Waals surface area (Å²) in [6, 6.07) is 9.35. The molecule has 0 saturated carbocycles. The quantitative estimate of drug-likeness (QED) is 0.845. The minimum Gasteiger partial charge on any atom is -0.467 e. The summed E-state index contributed by atoms with van der Waals surface area (Å²) in [5.74, 6) is -0.819. The monoisotopic (exact) mass is 287 g/mol. The fourth-order valence-electron chi connectivity index (χ4n) is 1.93. The molecule has 0 aliphatic carbocycles. The van der Waals surface area contributed by atoms with Crippen LogP contribution in [0, 0.1) is 0 Å². The van der Waals surface area contributed by atoms with Gasteiger partial charge in [-0.25, -0.2) is 4.79 Å². The number of ether oxygens (including phenoxy) is 1. The Morgan fingerprint density at radius 1 is 1.24 bits per heavy atom. The van der Waals surface area contributed by atoms with E-state index in [2.05, 4.69) is 10.4 Å². The molecule has 1 aromatic heterocycles. The molecule has 1 amide bonds. The topological polar surface area (TPSA) is 73.2 Å². The second kappa shape index (κ2) is 6.69. The van der Waals surface area contributed by atoms with Crippen molar-refractivity contribution in [2.24, 2.45) is 0 Å². The molecular formula is C15H17N3O3. The Hall–Kier alpha value is -2.63. The average molecular weight is 287 g/mol. The fraction of sp³-hybridized carbons (Fsp3) is 0.267. The van der Waals surface area contributed by atoms with Crippen molar-refractivity contribution in [3.05, 3.63) is 54.4 Å². The van der Waals surface area contributed by atoms with Gasteiger partial charge in [-0.2, -0.15) is 5.10 Å². The van der Waals surface area contributed by atoms with Gasteiger partial charge in [-0.05, 0) is 18.6 Å². The third-order valence-corrected chi connectivity index (χ3v) is 3.16. The summed E-state index contributed by atoms with van der Waals surface area (Å²) >= 11 is 0. The minimum atomic E-state index is -0.832. The summed E-state index contributed by atoms with van der Waals surface area (Å²) in [5, 5.41) is 6.72. The Morgan fingerprint density at radius 3 is 2.52 bits per heavy atom. The first kappa shape index (κ1) is 14.8. The van der Waals surface area contributed by atoms with Gasteiger partial charge >= 0.3 is 5.97 Å². The molecule has 2 rings (SSSR count). The van der Waals surface area contributed by atoms with E-state index >= 15 is 0 Å². The molecule has 0 aliphatic rings. The van der Waals surface area contributed by atoms with E-state index in [0.29, 0.717) is 5.56 Å². The van der Waals surface area contributed by atoms with Crippen molar-refractivity contribution in [1.82, 2.24) is 15.1 Å². The van der Waals surface area contributed by atoms with Gasteiger partial charge in [0.15, 0.2) is 6.04 Å². The molecule has 6 nitrogen and oxygen atoms in total. The lowest BCUT2D eigenvalue weighted by molar-refractivity contribution is -0.145. The summed E-state index contributed by atoms with van der Waals surface area (Å²) in [4.78, 5) is 24.2. The molecule has 0 radical (unpaired) electrons. The van der Waals surface area contributed by atoms with E-state index in [-0.39, 0.29) is 5.91 Å². The van der Waals surface area contributed by atoms with Crippen molar-refractivity contribution in [2.45, 2.75) is 19.0 Å². The lowest BCUT2D eigenvalue weighted by Gasteiger charge is -2.19. The molecule has 2 aromatic rings. The van der Waals surface area contributed by atoms with Crippen LogP contribution < -0.4 is 5.32 Å². The Morgan fingerprint density at radius 2 is 1.95 bits per heavy atom. The lowest BCUT2D eigenvalue weighted by atomic mass is 10.1. The summed E-state index contributed by atoms with van der Waals surface area (Å²) in [6.07, 6.45) is 3.29. The molecule has 0 saturated heterocycles. The van der Waals surface area contributed by atoms with E-state index in [4.69, 9.17) is 4.74 Å². The Bertz CT molecular complexity index is 596. The van der Waals surface area contributed by atoms with Crippen LogP contribution in [0.5, 0.6) is 0 Å². The number of rotatable bonds is 5. The number of nitrogens with one attached hydrogen (secondary N) is 1. The van der Waals surface area contributed by atoms with Crippen LogP contribution in [0.1, 0.15) is 24.6 Å². The van der Waals surface area contributed by atoms with E-state index in [0.717, 1.165) is 0 Å². The first-order valence-electron chi connectivity index (χ1n) is 6.55. The molecule has 2 atom stereocenters. The fourth-order valence-corrected chi connectivity index (χ4v) is 1.93. The third kappa shape index (κ3) is 3.47. The van der Waals surface area contributed by atoms with Crippen molar-refractivity contribution in [1.29, 1.82) is 0 Å². The first-order valence-corrected chi connectivity index (χ1v) is 6.55. The zero-order valence-electron chi connectivity index (χ0n) is 11.9. The van der Waals surface area contributed by atoms with Gasteiger partial charge in [-0.1, -0.05) is 30.3 Å². The molecule has 1 aromatic carbocycles. The van der Waals surface area contributed by atoms with Gasteiger partial charge in [0.2, 0.25) is 5.91 Å². The van der Waals surface area contributed by atoms with Crippen molar-refractivity contribution < 1.29 is 14.3 Å². The van der Waals surface area contributed by atoms with E-state index in [9.17, 15) is 9.59 Å². The van der Waals surface area contributed by atoms with Crippen LogP contribution in [0.15, 0.2) is 48.8 Å². The minimum absolute atomic E-state index is 0.307. The number of carbonyl (C=O) groups excluding carboxylic acids is 2. The highest BCUT2D eigenvalue weighted by Crippen LogP contribution is 2.16. The first-order chi connectivity index (χ1) is 10.1. The number of amides is 1. The number of methoxy groups -OCH3 is 1. The van der Waals surface area contributed by atoms with Gasteiger partial charge in [0.1, 0.15) is 6.04 Å². The van der Waals surface area contributed by atoms with Crippen molar-refractivity contribution in [3.63, 3.8) is 0 Å². The SMILES string of the molecule is COC(=O)C(NC(=O)C(C)n1cccn1)c1ccccc1. The maximum Gasteiger partial charge on any atom is 0.333 e. The maximum atomic E-state index is 12.3. The second-order valence-corrected chi connectivity index (χ2v) is 4.54. The van der Waals surface area contributed by atoms with Crippen molar-refractivity contribution in [2.75, 3.05) is 7.11 Å². The van der Waals surface area contributed by atoms with Crippen molar-refractivity contribution in [3.8, 4) is 0 Å². The number of hydrogen-bond acceptors (Lipinski definition) is 4. The van der Waals surface area contributed by atoms with Crippen LogP contribution in [0.25, 0.3) is 0 Å². The van der Waals surface area contributed by atoms with Gasteiger partial charge in [-0.15, -0.1) is 0 Å². The summed E-state index contributed by atoms with van der Waals surface area (Å²) in [6.45, 7) is 1.71. The summed E-state index contributed by atoms with van der Waals surface area (Å²) < 4.78 is 6.28. The molecule has 0 bridgehead atoms. The van der Waals surface area contributed by atoms with Crippen LogP contribution in [-0.4, -0.2) is 28.8 Å². The smallest absolute Gasteiger partial charge is 0.333 e.